The normalized spacial score (nSPS) is 12.1. The van der Waals surface area contributed by atoms with Crippen LogP contribution in [-0.4, -0.2) is 31.1 Å². The van der Waals surface area contributed by atoms with Crippen LogP contribution in [0, 0.1) is 11.3 Å². The van der Waals surface area contributed by atoms with Gasteiger partial charge in [0, 0.05) is 18.3 Å². The van der Waals surface area contributed by atoms with Crippen molar-refractivity contribution in [1.29, 1.82) is 5.26 Å². The smallest absolute Gasteiger partial charge is 0.119 e. The molecular formula is C13H19N3O. The van der Waals surface area contributed by atoms with Gasteiger partial charge in [0.15, 0.2) is 0 Å². The Morgan fingerprint density at radius 1 is 1.41 bits per heavy atom. The predicted molar refractivity (Wildman–Crippen MR) is 68.7 cm³/mol. The first-order valence-electron chi connectivity index (χ1n) is 5.69. The Labute approximate surface area is 103 Å². The lowest BCUT2D eigenvalue weighted by molar-refractivity contribution is 0.201. The Balaban J connectivity index is 2.28. The van der Waals surface area contributed by atoms with Crippen molar-refractivity contribution in [2.75, 3.05) is 25.9 Å². The van der Waals surface area contributed by atoms with E-state index in [4.69, 9.17) is 15.7 Å². The maximum Gasteiger partial charge on any atom is 0.119 e. The van der Waals surface area contributed by atoms with Crippen molar-refractivity contribution in [1.82, 2.24) is 4.90 Å². The van der Waals surface area contributed by atoms with Gasteiger partial charge in [-0.05, 0) is 38.2 Å². The molecule has 0 aliphatic heterocycles. The van der Waals surface area contributed by atoms with E-state index < -0.39 is 0 Å². The van der Waals surface area contributed by atoms with E-state index in [0.717, 1.165) is 18.0 Å². The minimum atomic E-state index is 0.259. The zero-order valence-electron chi connectivity index (χ0n) is 10.4. The van der Waals surface area contributed by atoms with Crippen molar-refractivity contribution in [3.63, 3.8) is 0 Å². The molecule has 0 saturated carbocycles. The fraction of sp³-hybridized carbons (Fsp3) is 0.462. The first-order chi connectivity index (χ1) is 8.13. The van der Waals surface area contributed by atoms with Gasteiger partial charge in [-0.1, -0.05) is 0 Å². The lowest BCUT2D eigenvalue weighted by atomic mass is 10.2. The molecule has 92 valence electrons. The molecule has 0 fully saturated rings. The molecule has 2 N–H and O–H groups in total. The van der Waals surface area contributed by atoms with Crippen molar-refractivity contribution in [3.8, 4) is 11.8 Å². The number of hydrogen-bond donors (Lipinski definition) is 1. The van der Waals surface area contributed by atoms with Gasteiger partial charge in [0.05, 0.1) is 12.5 Å². The lowest BCUT2D eigenvalue weighted by Crippen LogP contribution is -2.32. The van der Waals surface area contributed by atoms with Crippen LogP contribution in [0.3, 0.4) is 0 Å². The highest BCUT2D eigenvalue weighted by atomic mass is 16.5. The van der Waals surface area contributed by atoms with Gasteiger partial charge in [0.2, 0.25) is 0 Å². The van der Waals surface area contributed by atoms with Crippen LogP contribution in [0.5, 0.6) is 5.75 Å². The van der Waals surface area contributed by atoms with Crippen LogP contribution < -0.4 is 10.5 Å². The molecule has 4 heteroatoms. The summed E-state index contributed by atoms with van der Waals surface area (Å²) in [5, 5.41) is 8.60. The fourth-order valence-electron chi connectivity index (χ4n) is 1.38. The third-order valence-electron chi connectivity index (χ3n) is 2.73. The Bertz CT molecular complexity index is 369. The molecule has 0 aromatic heterocycles. The summed E-state index contributed by atoms with van der Waals surface area (Å²) in [4.78, 5) is 2.11. The van der Waals surface area contributed by atoms with Crippen molar-refractivity contribution in [2.45, 2.75) is 19.4 Å². The van der Waals surface area contributed by atoms with Crippen LogP contribution in [0.1, 0.15) is 13.3 Å². The second kappa shape index (κ2) is 6.77. The van der Waals surface area contributed by atoms with E-state index in [0.29, 0.717) is 13.0 Å². The summed E-state index contributed by atoms with van der Waals surface area (Å²) in [6.07, 6.45) is 0.540. The summed E-state index contributed by atoms with van der Waals surface area (Å²) >= 11 is 0. The molecule has 0 aliphatic rings. The highest BCUT2D eigenvalue weighted by Gasteiger charge is 2.07. The van der Waals surface area contributed by atoms with Crippen molar-refractivity contribution >= 4 is 5.69 Å². The number of nitrogens with zero attached hydrogens (tertiary/aromatic N) is 2. The van der Waals surface area contributed by atoms with Gasteiger partial charge in [-0.3, -0.25) is 4.90 Å². The number of anilines is 1. The quantitative estimate of drug-likeness (QED) is 0.762. The van der Waals surface area contributed by atoms with Crippen LogP contribution >= 0.6 is 0 Å². The second-order valence-corrected chi connectivity index (χ2v) is 4.11. The monoisotopic (exact) mass is 233 g/mol. The Hall–Kier alpha value is -1.73. The molecule has 0 amide bonds. The Kier molecular flexibility index (Phi) is 5.31. The van der Waals surface area contributed by atoms with Gasteiger partial charge >= 0.3 is 0 Å². The summed E-state index contributed by atoms with van der Waals surface area (Å²) < 4.78 is 5.58. The molecule has 1 unspecified atom stereocenters. The number of hydrogen-bond acceptors (Lipinski definition) is 4. The largest absolute Gasteiger partial charge is 0.492 e. The van der Waals surface area contributed by atoms with E-state index in [9.17, 15) is 0 Å². The number of benzene rings is 1. The molecule has 1 aromatic rings. The van der Waals surface area contributed by atoms with Gasteiger partial charge in [0.25, 0.3) is 0 Å². The maximum atomic E-state index is 8.60. The maximum absolute atomic E-state index is 8.60. The van der Waals surface area contributed by atoms with Crippen LogP contribution in [0.15, 0.2) is 24.3 Å². The zero-order chi connectivity index (χ0) is 12.7. The van der Waals surface area contributed by atoms with E-state index in [1.807, 2.05) is 38.2 Å². The number of nitriles is 1. The number of nitrogens with two attached hydrogens (primary N) is 1. The average molecular weight is 233 g/mol. The van der Waals surface area contributed by atoms with Gasteiger partial charge in [-0.2, -0.15) is 5.26 Å². The van der Waals surface area contributed by atoms with Gasteiger partial charge in [-0.25, -0.2) is 0 Å². The summed E-state index contributed by atoms with van der Waals surface area (Å²) in [6, 6.07) is 9.77. The van der Waals surface area contributed by atoms with Crippen molar-refractivity contribution < 1.29 is 4.74 Å². The number of ether oxygens (including phenoxy) is 1. The molecular weight excluding hydrogens is 214 g/mol. The minimum absolute atomic E-state index is 0.259. The third-order valence-corrected chi connectivity index (χ3v) is 2.73. The van der Waals surface area contributed by atoms with Crippen LogP contribution in [0.2, 0.25) is 0 Å². The SMILES string of the molecule is CC(CC#N)N(C)CCOc1ccc(N)cc1. The zero-order valence-corrected chi connectivity index (χ0v) is 10.4. The summed E-state index contributed by atoms with van der Waals surface area (Å²) in [7, 11) is 1.99. The molecule has 0 radical (unpaired) electrons. The molecule has 0 aliphatic carbocycles. The second-order valence-electron chi connectivity index (χ2n) is 4.11. The minimum Gasteiger partial charge on any atom is -0.492 e. The number of rotatable bonds is 6. The van der Waals surface area contributed by atoms with Crippen molar-refractivity contribution in [2.24, 2.45) is 0 Å². The van der Waals surface area contributed by atoms with Crippen LogP contribution in [0.4, 0.5) is 5.69 Å². The van der Waals surface area contributed by atoms with Gasteiger partial charge in [0.1, 0.15) is 12.4 Å². The van der Waals surface area contributed by atoms with Crippen molar-refractivity contribution in [3.05, 3.63) is 24.3 Å². The van der Waals surface area contributed by atoms with E-state index >= 15 is 0 Å². The molecule has 0 saturated heterocycles. The molecule has 0 spiro atoms. The number of nitrogen functional groups attached to an aromatic ring is 1. The van der Waals surface area contributed by atoms with Crippen LogP contribution in [0.25, 0.3) is 0 Å². The standard InChI is InChI=1S/C13H19N3O/c1-11(7-8-14)16(2)9-10-17-13-5-3-12(15)4-6-13/h3-6,11H,7,9-10,15H2,1-2H3. The number of likely N-dealkylation sites (N-methyl/N-ethyl adjacent to an activating group) is 1. The molecule has 1 atom stereocenters. The fourth-order valence-corrected chi connectivity index (χ4v) is 1.38. The van der Waals surface area contributed by atoms with E-state index in [1.165, 1.54) is 0 Å². The van der Waals surface area contributed by atoms with E-state index in [2.05, 4.69) is 11.0 Å². The molecule has 1 aromatic carbocycles. The molecule has 0 bridgehead atoms. The van der Waals surface area contributed by atoms with Gasteiger partial charge < -0.3 is 10.5 Å². The van der Waals surface area contributed by atoms with Crippen LogP contribution in [-0.2, 0) is 0 Å². The van der Waals surface area contributed by atoms with E-state index in [1.54, 1.807) is 0 Å². The Morgan fingerprint density at radius 3 is 2.65 bits per heavy atom. The topological polar surface area (TPSA) is 62.3 Å². The summed E-state index contributed by atoms with van der Waals surface area (Å²) in [5.41, 5.74) is 6.32. The molecule has 1 rings (SSSR count). The summed E-state index contributed by atoms with van der Waals surface area (Å²) in [5.74, 6) is 0.820. The lowest BCUT2D eigenvalue weighted by Gasteiger charge is -2.22. The molecule has 17 heavy (non-hydrogen) atoms. The summed E-state index contributed by atoms with van der Waals surface area (Å²) in [6.45, 7) is 3.44. The average Bonchev–Trinajstić information content (AvgIpc) is 2.32. The Morgan fingerprint density at radius 2 is 2.06 bits per heavy atom. The third kappa shape index (κ3) is 4.75. The van der Waals surface area contributed by atoms with E-state index in [-0.39, 0.29) is 6.04 Å². The molecule has 0 heterocycles. The highest BCUT2D eigenvalue weighted by molar-refractivity contribution is 5.41. The first-order valence-corrected chi connectivity index (χ1v) is 5.69. The van der Waals surface area contributed by atoms with Gasteiger partial charge in [-0.15, -0.1) is 0 Å². The molecule has 4 nitrogen and oxygen atoms in total. The predicted octanol–water partition coefficient (Wildman–Crippen LogP) is 1.88. The highest BCUT2D eigenvalue weighted by Crippen LogP contribution is 2.13. The first kappa shape index (κ1) is 13.3.